The zero-order valence-corrected chi connectivity index (χ0v) is 22.4. The van der Waals surface area contributed by atoms with E-state index in [-0.39, 0.29) is 5.41 Å². The van der Waals surface area contributed by atoms with E-state index in [9.17, 15) is 0 Å². The van der Waals surface area contributed by atoms with Crippen LogP contribution in [0.2, 0.25) is 0 Å². The van der Waals surface area contributed by atoms with Crippen molar-refractivity contribution in [1.29, 1.82) is 0 Å². The zero-order chi connectivity index (χ0) is 26.7. The van der Waals surface area contributed by atoms with Crippen molar-refractivity contribution >= 4 is 33.3 Å². The van der Waals surface area contributed by atoms with Gasteiger partial charge in [0.1, 0.15) is 12.4 Å². The molecule has 0 saturated carbocycles. The predicted molar refractivity (Wildman–Crippen MR) is 169 cm³/mol. The van der Waals surface area contributed by atoms with E-state index in [0.29, 0.717) is 6.61 Å². The summed E-state index contributed by atoms with van der Waals surface area (Å²) in [5.74, 6) is 1.01. The van der Waals surface area contributed by atoms with E-state index in [4.69, 9.17) is 4.74 Å². The highest BCUT2D eigenvalue weighted by Crippen LogP contribution is 2.61. The number of fused-ring (bicyclic) bond motifs is 5. The van der Waals surface area contributed by atoms with Crippen LogP contribution in [0, 0.1) is 0 Å². The Hall–Kier alpha value is -5.08. The van der Waals surface area contributed by atoms with Crippen LogP contribution < -0.4 is 4.74 Å². The summed E-state index contributed by atoms with van der Waals surface area (Å²) in [5, 5.41) is 3.87. The lowest BCUT2D eigenvalue weighted by Crippen LogP contribution is -2.34. The molecule has 41 heavy (non-hydrogen) atoms. The molecule has 3 heterocycles. The van der Waals surface area contributed by atoms with E-state index in [1.807, 2.05) is 0 Å². The number of aromatic nitrogens is 1. The van der Waals surface area contributed by atoms with Crippen molar-refractivity contribution in [1.82, 2.24) is 4.57 Å². The molecule has 1 unspecified atom stereocenters. The first-order chi connectivity index (χ1) is 20.3. The Labute approximate surface area is 238 Å². The molecule has 1 aromatic heterocycles. The van der Waals surface area contributed by atoms with Gasteiger partial charge >= 0.3 is 0 Å². The summed E-state index contributed by atoms with van der Waals surface area (Å²) in [7, 11) is 0. The largest absolute Gasteiger partial charge is 0.488 e. The molecule has 2 heteroatoms. The molecule has 1 spiro atoms. The summed E-state index contributed by atoms with van der Waals surface area (Å²) in [6, 6.07) is 37.8. The molecule has 2 aliphatic carbocycles. The molecular weight excluding hydrogens is 498 g/mol. The zero-order valence-electron chi connectivity index (χ0n) is 22.4. The molecule has 10 rings (SSSR count). The summed E-state index contributed by atoms with van der Waals surface area (Å²) >= 11 is 0. The lowest BCUT2D eigenvalue weighted by atomic mass is 9.67. The highest BCUT2D eigenvalue weighted by molar-refractivity contribution is 6.04. The Balaban J connectivity index is 1.16. The minimum Gasteiger partial charge on any atom is -0.488 e. The summed E-state index contributed by atoms with van der Waals surface area (Å²) < 4.78 is 8.76. The fraction of sp³-hybridized carbons (Fsp3) is 0.0769. The maximum Gasteiger partial charge on any atom is 0.129 e. The van der Waals surface area contributed by atoms with Crippen LogP contribution in [-0.2, 0) is 5.41 Å². The van der Waals surface area contributed by atoms with E-state index >= 15 is 0 Å². The highest BCUT2D eigenvalue weighted by atomic mass is 16.5. The molecule has 0 radical (unpaired) electrons. The van der Waals surface area contributed by atoms with Crippen molar-refractivity contribution in [2.45, 2.75) is 11.8 Å². The average Bonchev–Trinajstić information content (AvgIpc) is 3.58. The van der Waals surface area contributed by atoms with Crippen LogP contribution in [0.25, 0.3) is 61.3 Å². The van der Waals surface area contributed by atoms with Crippen molar-refractivity contribution in [2.24, 2.45) is 0 Å². The standard InChI is InChI=1S/C39H25NO/c1-2-8-29-25(6-1)7-3-9-30(29)26-15-13-24(14-16-26)27-17-18-33-32(22-27)31-10-5-20-39-21-19-28-23-41-35-12-4-11-34(36(35)37(28)39)40(33)38(31)39/h1-19,21-22H,20,23H2. The molecule has 5 aromatic carbocycles. The van der Waals surface area contributed by atoms with Crippen LogP contribution in [0.5, 0.6) is 5.75 Å². The second kappa shape index (κ2) is 7.56. The normalized spacial score (nSPS) is 19.0. The number of benzene rings is 5. The quantitative estimate of drug-likeness (QED) is 0.220. The van der Waals surface area contributed by atoms with Crippen LogP contribution in [0.1, 0.15) is 23.2 Å². The average molecular weight is 524 g/mol. The molecule has 2 aliphatic heterocycles. The first kappa shape index (κ1) is 21.7. The van der Waals surface area contributed by atoms with Gasteiger partial charge in [0, 0.05) is 22.2 Å². The van der Waals surface area contributed by atoms with Crippen molar-refractivity contribution < 1.29 is 4.74 Å². The molecular formula is C39H25NO. The molecule has 1 atom stereocenters. The van der Waals surface area contributed by atoms with E-state index in [0.717, 1.165) is 12.2 Å². The number of nitrogens with zero attached hydrogens (tertiary/aromatic N) is 1. The van der Waals surface area contributed by atoms with Crippen molar-refractivity contribution in [3.8, 4) is 33.7 Å². The molecule has 0 amide bonds. The van der Waals surface area contributed by atoms with Gasteiger partial charge in [0.15, 0.2) is 0 Å². The highest BCUT2D eigenvalue weighted by Gasteiger charge is 2.50. The number of ether oxygens (including phenoxy) is 1. The molecule has 192 valence electrons. The Kier molecular flexibility index (Phi) is 4.00. The minimum atomic E-state index is -0.119. The van der Waals surface area contributed by atoms with Crippen molar-refractivity contribution in [3.05, 3.63) is 144 Å². The SMILES string of the molecule is C1=Cc2c3n(c4ccc(-c5ccc(-c6cccc7ccccc67)cc5)cc24)-c2cccc4c2C2=C(C=CC23C1)CO4. The second-order valence-corrected chi connectivity index (χ2v) is 11.7. The van der Waals surface area contributed by atoms with Gasteiger partial charge in [0.25, 0.3) is 0 Å². The van der Waals surface area contributed by atoms with Gasteiger partial charge in [-0.2, -0.15) is 0 Å². The number of rotatable bonds is 2. The van der Waals surface area contributed by atoms with Gasteiger partial charge < -0.3 is 9.30 Å². The third kappa shape index (κ3) is 2.68. The first-order valence-electron chi connectivity index (χ1n) is 14.4. The van der Waals surface area contributed by atoms with Gasteiger partial charge in [0.2, 0.25) is 0 Å². The van der Waals surface area contributed by atoms with Crippen LogP contribution in [0.4, 0.5) is 0 Å². The topological polar surface area (TPSA) is 14.2 Å². The fourth-order valence-electron chi connectivity index (χ4n) is 7.93. The molecule has 0 saturated heterocycles. The summed E-state index contributed by atoms with van der Waals surface area (Å²) in [6.45, 7) is 0.655. The number of allylic oxidation sites excluding steroid dienone is 3. The molecule has 0 bridgehead atoms. The van der Waals surface area contributed by atoms with Crippen LogP contribution in [-0.4, -0.2) is 11.2 Å². The Morgan fingerprint density at radius 1 is 0.707 bits per heavy atom. The van der Waals surface area contributed by atoms with E-state index in [1.54, 1.807) is 0 Å². The van der Waals surface area contributed by atoms with Crippen LogP contribution in [0.3, 0.4) is 0 Å². The molecule has 4 aliphatic rings. The van der Waals surface area contributed by atoms with E-state index in [2.05, 4.69) is 132 Å². The number of hydrogen-bond acceptors (Lipinski definition) is 1. The Bertz CT molecular complexity index is 2220. The van der Waals surface area contributed by atoms with Gasteiger partial charge in [-0.05, 0) is 74.9 Å². The lowest BCUT2D eigenvalue weighted by Gasteiger charge is -2.42. The van der Waals surface area contributed by atoms with Gasteiger partial charge in [-0.1, -0.05) is 103 Å². The molecule has 6 aromatic rings. The van der Waals surface area contributed by atoms with Crippen molar-refractivity contribution in [3.63, 3.8) is 0 Å². The second-order valence-electron chi connectivity index (χ2n) is 11.7. The Morgan fingerprint density at radius 3 is 2.49 bits per heavy atom. The number of hydrogen-bond donors (Lipinski definition) is 0. The van der Waals surface area contributed by atoms with E-state index < -0.39 is 0 Å². The maximum atomic E-state index is 6.24. The third-order valence-corrected chi connectivity index (χ3v) is 9.69. The summed E-state index contributed by atoms with van der Waals surface area (Å²) in [5.41, 5.74) is 14.2. The molecule has 0 N–H and O–H groups in total. The van der Waals surface area contributed by atoms with Crippen LogP contribution >= 0.6 is 0 Å². The summed E-state index contributed by atoms with van der Waals surface area (Å²) in [4.78, 5) is 0. The first-order valence-corrected chi connectivity index (χ1v) is 14.4. The van der Waals surface area contributed by atoms with Crippen molar-refractivity contribution in [2.75, 3.05) is 6.61 Å². The van der Waals surface area contributed by atoms with Gasteiger partial charge in [-0.15, -0.1) is 0 Å². The smallest absolute Gasteiger partial charge is 0.129 e. The maximum absolute atomic E-state index is 6.24. The van der Waals surface area contributed by atoms with Crippen LogP contribution in [0.15, 0.2) is 127 Å². The monoisotopic (exact) mass is 523 g/mol. The Morgan fingerprint density at radius 2 is 1.54 bits per heavy atom. The molecule has 2 nitrogen and oxygen atoms in total. The third-order valence-electron chi connectivity index (χ3n) is 9.69. The fourth-order valence-corrected chi connectivity index (χ4v) is 7.93. The van der Waals surface area contributed by atoms with Gasteiger partial charge in [-0.3, -0.25) is 0 Å². The predicted octanol–water partition coefficient (Wildman–Crippen LogP) is 9.50. The lowest BCUT2D eigenvalue weighted by molar-refractivity contribution is 0.347. The van der Waals surface area contributed by atoms with Gasteiger partial charge in [-0.25, -0.2) is 0 Å². The van der Waals surface area contributed by atoms with Gasteiger partial charge in [0.05, 0.1) is 16.6 Å². The minimum absolute atomic E-state index is 0.119. The van der Waals surface area contributed by atoms with E-state index in [1.165, 1.54) is 77.6 Å². The summed E-state index contributed by atoms with van der Waals surface area (Å²) in [6.07, 6.45) is 10.5. The molecule has 0 fully saturated rings.